The zero-order valence-corrected chi connectivity index (χ0v) is 15.6. The van der Waals surface area contributed by atoms with Gasteiger partial charge in [0.05, 0.1) is 11.3 Å². The molecule has 0 atom stereocenters. The Morgan fingerprint density at radius 1 is 0.926 bits per heavy atom. The van der Waals surface area contributed by atoms with Gasteiger partial charge in [-0.05, 0) is 59.2 Å². The van der Waals surface area contributed by atoms with E-state index in [4.69, 9.17) is 0 Å². The number of aryl methyl sites for hydroxylation is 1. The minimum Gasteiger partial charge on any atom is -0.370 e. The SMILES string of the molecule is Cc1ccc(-c2cc(N3CCCC3)c(C#N)c3c2-c2ccccc2C3)cc1. The van der Waals surface area contributed by atoms with E-state index in [0.29, 0.717) is 0 Å². The van der Waals surface area contributed by atoms with Crippen molar-refractivity contribution in [1.82, 2.24) is 0 Å². The highest BCUT2D eigenvalue weighted by Gasteiger charge is 2.29. The second kappa shape index (κ2) is 6.28. The van der Waals surface area contributed by atoms with Crippen LogP contribution in [0.3, 0.4) is 0 Å². The summed E-state index contributed by atoms with van der Waals surface area (Å²) in [6, 6.07) is 22.2. The summed E-state index contributed by atoms with van der Waals surface area (Å²) in [5.41, 5.74) is 10.8. The fourth-order valence-electron chi connectivity index (χ4n) is 4.61. The van der Waals surface area contributed by atoms with E-state index in [-0.39, 0.29) is 0 Å². The molecule has 3 aromatic carbocycles. The lowest BCUT2D eigenvalue weighted by molar-refractivity contribution is 0.949. The van der Waals surface area contributed by atoms with Crippen molar-refractivity contribution in [2.45, 2.75) is 26.2 Å². The van der Waals surface area contributed by atoms with Gasteiger partial charge in [0.15, 0.2) is 0 Å². The quantitative estimate of drug-likeness (QED) is 0.463. The van der Waals surface area contributed by atoms with Gasteiger partial charge >= 0.3 is 0 Å². The molecule has 0 bridgehead atoms. The molecule has 1 aliphatic carbocycles. The number of nitrogens with zero attached hydrogens (tertiary/aromatic N) is 2. The maximum Gasteiger partial charge on any atom is 0.102 e. The van der Waals surface area contributed by atoms with Gasteiger partial charge in [-0.2, -0.15) is 5.26 Å². The van der Waals surface area contributed by atoms with E-state index in [9.17, 15) is 5.26 Å². The number of fused-ring (bicyclic) bond motifs is 3. The molecule has 132 valence electrons. The molecular formula is C25H22N2. The average Bonchev–Trinajstić information content (AvgIpc) is 3.35. The van der Waals surface area contributed by atoms with Gasteiger partial charge < -0.3 is 4.90 Å². The largest absolute Gasteiger partial charge is 0.370 e. The van der Waals surface area contributed by atoms with Crippen LogP contribution in [-0.4, -0.2) is 13.1 Å². The second-order valence-electron chi connectivity index (χ2n) is 7.68. The maximum absolute atomic E-state index is 10.0. The molecule has 0 aromatic heterocycles. The first-order valence-corrected chi connectivity index (χ1v) is 9.76. The summed E-state index contributed by atoms with van der Waals surface area (Å²) >= 11 is 0. The number of hydrogen-bond acceptors (Lipinski definition) is 2. The third-order valence-electron chi connectivity index (χ3n) is 5.99. The second-order valence-corrected chi connectivity index (χ2v) is 7.68. The van der Waals surface area contributed by atoms with Gasteiger partial charge in [0.25, 0.3) is 0 Å². The van der Waals surface area contributed by atoms with Crippen LogP contribution in [0.5, 0.6) is 0 Å². The molecule has 1 saturated heterocycles. The highest BCUT2D eigenvalue weighted by atomic mass is 15.1. The predicted octanol–water partition coefficient (Wildman–Crippen LogP) is 5.71. The number of benzene rings is 3. The molecule has 1 heterocycles. The molecule has 1 aliphatic heterocycles. The average molecular weight is 350 g/mol. The fourth-order valence-corrected chi connectivity index (χ4v) is 4.61. The third-order valence-corrected chi connectivity index (χ3v) is 5.99. The fraction of sp³-hybridized carbons (Fsp3) is 0.240. The molecular weight excluding hydrogens is 328 g/mol. The first kappa shape index (κ1) is 16.1. The van der Waals surface area contributed by atoms with Gasteiger partial charge in [-0.1, -0.05) is 54.1 Å². The topological polar surface area (TPSA) is 27.0 Å². The molecule has 2 nitrogen and oxygen atoms in total. The van der Waals surface area contributed by atoms with Crippen LogP contribution >= 0.6 is 0 Å². The van der Waals surface area contributed by atoms with E-state index in [1.165, 1.54) is 51.8 Å². The van der Waals surface area contributed by atoms with Crippen molar-refractivity contribution in [2.75, 3.05) is 18.0 Å². The normalized spacial score (nSPS) is 14.7. The minimum absolute atomic E-state index is 0.856. The van der Waals surface area contributed by atoms with Gasteiger partial charge in [0, 0.05) is 19.5 Å². The summed E-state index contributed by atoms with van der Waals surface area (Å²) in [5.74, 6) is 0. The Morgan fingerprint density at radius 2 is 1.67 bits per heavy atom. The molecule has 0 unspecified atom stereocenters. The summed E-state index contributed by atoms with van der Waals surface area (Å²) in [5, 5.41) is 10.0. The van der Waals surface area contributed by atoms with E-state index >= 15 is 0 Å². The number of rotatable bonds is 2. The van der Waals surface area contributed by atoms with Crippen LogP contribution in [0.25, 0.3) is 22.3 Å². The number of anilines is 1. The summed E-state index contributed by atoms with van der Waals surface area (Å²) in [6.45, 7) is 4.22. The van der Waals surface area contributed by atoms with Crippen molar-refractivity contribution in [3.8, 4) is 28.3 Å². The van der Waals surface area contributed by atoms with E-state index < -0.39 is 0 Å². The van der Waals surface area contributed by atoms with E-state index in [1.54, 1.807) is 0 Å². The van der Waals surface area contributed by atoms with Crippen LogP contribution in [-0.2, 0) is 6.42 Å². The van der Waals surface area contributed by atoms with E-state index in [2.05, 4.69) is 72.5 Å². The summed E-state index contributed by atoms with van der Waals surface area (Å²) in [6.07, 6.45) is 3.28. The molecule has 0 saturated carbocycles. The maximum atomic E-state index is 10.0. The zero-order chi connectivity index (χ0) is 18.4. The number of nitriles is 1. The van der Waals surface area contributed by atoms with Crippen molar-refractivity contribution in [1.29, 1.82) is 5.26 Å². The van der Waals surface area contributed by atoms with E-state index in [1.807, 2.05) is 0 Å². The Balaban J connectivity index is 1.81. The lowest BCUT2D eigenvalue weighted by Gasteiger charge is -2.23. The Morgan fingerprint density at radius 3 is 2.41 bits per heavy atom. The standard InChI is InChI=1S/C25H22N2/c1-17-8-10-18(11-9-17)21-15-24(27-12-4-5-13-27)23(16-26)22-14-19-6-2-3-7-20(19)25(21)22/h2-3,6-11,15H,4-5,12-14H2,1H3. The van der Waals surface area contributed by atoms with Crippen LogP contribution in [0, 0.1) is 18.3 Å². The highest BCUT2D eigenvalue weighted by Crippen LogP contribution is 2.47. The predicted molar refractivity (Wildman–Crippen MR) is 111 cm³/mol. The molecule has 0 spiro atoms. The molecule has 1 fully saturated rings. The van der Waals surface area contributed by atoms with Gasteiger partial charge in [-0.25, -0.2) is 0 Å². The van der Waals surface area contributed by atoms with Crippen LogP contribution in [0.15, 0.2) is 54.6 Å². The Hall–Kier alpha value is -3.05. The minimum atomic E-state index is 0.856. The summed E-state index contributed by atoms with van der Waals surface area (Å²) in [4.78, 5) is 2.40. The smallest absolute Gasteiger partial charge is 0.102 e. The Labute approximate surface area is 160 Å². The lowest BCUT2D eigenvalue weighted by atomic mass is 9.90. The molecule has 5 rings (SSSR count). The first-order chi connectivity index (χ1) is 13.3. The molecule has 2 heteroatoms. The van der Waals surface area contributed by atoms with Crippen molar-refractivity contribution in [2.24, 2.45) is 0 Å². The summed E-state index contributed by atoms with van der Waals surface area (Å²) < 4.78 is 0. The first-order valence-electron chi connectivity index (χ1n) is 9.76. The van der Waals surface area contributed by atoms with Crippen LogP contribution < -0.4 is 4.90 Å². The molecule has 0 amide bonds. The molecule has 0 N–H and O–H groups in total. The van der Waals surface area contributed by atoms with Crippen molar-refractivity contribution in [3.05, 3.63) is 76.9 Å². The molecule has 3 aromatic rings. The molecule has 2 aliphatic rings. The van der Waals surface area contributed by atoms with Gasteiger partial charge in [0.2, 0.25) is 0 Å². The van der Waals surface area contributed by atoms with Gasteiger partial charge in [0.1, 0.15) is 6.07 Å². The summed E-state index contributed by atoms with van der Waals surface area (Å²) in [7, 11) is 0. The highest BCUT2D eigenvalue weighted by molar-refractivity contribution is 5.95. The van der Waals surface area contributed by atoms with Crippen LogP contribution in [0.4, 0.5) is 5.69 Å². The lowest BCUT2D eigenvalue weighted by Crippen LogP contribution is -2.19. The molecule has 27 heavy (non-hydrogen) atoms. The molecule has 0 radical (unpaired) electrons. The number of hydrogen-bond donors (Lipinski definition) is 0. The van der Waals surface area contributed by atoms with Crippen molar-refractivity contribution in [3.63, 3.8) is 0 Å². The van der Waals surface area contributed by atoms with E-state index in [0.717, 1.165) is 30.8 Å². The van der Waals surface area contributed by atoms with Gasteiger partial charge in [-0.15, -0.1) is 0 Å². The monoisotopic (exact) mass is 350 g/mol. The van der Waals surface area contributed by atoms with Crippen molar-refractivity contribution < 1.29 is 0 Å². The van der Waals surface area contributed by atoms with Crippen LogP contribution in [0.1, 0.15) is 35.1 Å². The third kappa shape index (κ3) is 2.54. The van der Waals surface area contributed by atoms with Crippen molar-refractivity contribution >= 4 is 5.69 Å². The Bertz CT molecular complexity index is 1060. The van der Waals surface area contributed by atoms with Gasteiger partial charge in [-0.3, -0.25) is 0 Å². The zero-order valence-electron chi connectivity index (χ0n) is 15.6. The Kier molecular flexibility index (Phi) is 3.76. The van der Waals surface area contributed by atoms with Crippen LogP contribution in [0.2, 0.25) is 0 Å².